The molecule has 1 unspecified atom stereocenters. The van der Waals surface area contributed by atoms with Gasteiger partial charge in [-0.1, -0.05) is 80.4 Å². The first kappa shape index (κ1) is 22.3. The van der Waals surface area contributed by atoms with Crippen LogP contribution in [0.2, 0.25) is 0 Å². The highest BCUT2D eigenvalue weighted by Crippen LogP contribution is 2.30. The van der Waals surface area contributed by atoms with Crippen LogP contribution in [0.3, 0.4) is 0 Å². The van der Waals surface area contributed by atoms with Crippen molar-refractivity contribution in [3.63, 3.8) is 0 Å². The van der Waals surface area contributed by atoms with Gasteiger partial charge in [0.25, 0.3) is 0 Å². The maximum absolute atomic E-state index is 10.5. The van der Waals surface area contributed by atoms with Crippen LogP contribution >= 0.6 is 0 Å². The monoisotopic (exact) mass is 385 g/mol. The molecule has 3 aromatic carbocycles. The van der Waals surface area contributed by atoms with Crippen LogP contribution in [0.25, 0.3) is 0 Å². The summed E-state index contributed by atoms with van der Waals surface area (Å²) in [5, 5.41) is 10.5. The second-order valence-electron chi connectivity index (χ2n) is 7.44. The summed E-state index contributed by atoms with van der Waals surface area (Å²) in [5.74, 6) is 1.08. The zero-order chi connectivity index (χ0) is 21.2. The summed E-state index contributed by atoms with van der Waals surface area (Å²) in [7, 11) is 2.06. The number of nitrogens with zero attached hydrogens (tertiary/aromatic N) is 1. The zero-order valence-corrected chi connectivity index (χ0v) is 17.6. The molecule has 3 aromatic rings. The number of aliphatic hydroxyl groups is 1. The van der Waals surface area contributed by atoms with Crippen LogP contribution in [0.4, 0.5) is 11.4 Å². The van der Waals surface area contributed by atoms with E-state index in [1.807, 2.05) is 54.6 Å². The molecule has 2 nitrogen and oxygen atoms in total. The van der Waals surface area contributed by atoms with Crippen LogP contribution in [-0.4, -0.2) is 12.2 Å². The third kappa shape index (κ3) is 6.52. The molecule has 0 bridgehead atoms. The molecule has 150 valence electrons. The molecule has 0 aliphatic heterocycles. The van der Waals surface area contributed by atoms with Gasteiger partial charge >= 0.3 is 0 Å². The summed E-state index contributed by atoms with van der Waals surface area (Å²) in [6.07, 6.45) is 10.4. The Balaban J connectivity index is 0.000000436. The molecule has 4 rings (SSSR count). The number of hydrogen-bond donors (Lipinski definition) is 1. The van der Waals surface area contributed by atoms with Gasteiger partial charge in [-0.25, -0.2) is 0 Å². The van der Waals surface area contributed by atoms with E-state index in [1.165, 1.54) is 12.8 Å². The largest absolute Gasteiger partial charge is 0.384 e. The highest BCUT2D eigenvalue weighted by atomic mass is 16.3. The van der Waals surface area contributed by atoms with E-state index in [-0.39, 0.29) is 0 Å². The van der Waals surface area contributed by atoms with Crippen LogP contribution in [0, 0.1) is 25.7 Å². The van der Waals surface area contributed by atoms with Crippen molar-refractivity contribution >= 4 is 11.4 Å². The highest BCUT2D eigenvalue weighted by Gasteiger charge is 2.13. The van der Waals surface area contributed by atoms with Gasteiger partial charge in [-0.05, 0) is 47.7 Å². The third-order valence-corrected chi connectivity index (χ3v) is 5.02. The van der Waals surface area contributed by atoms with Crippen molar-refractivity contribution in [2.24, 2.45) is 5.92 Å². The van der Waals surface area contributed by atoms with Crippen LogP contribution in [0.1, 0.15) is 42.6 Å². The smallest absolute Gasteiger partial charge is 0.104 e. The molecule has 1 aliphatic carbocycles. The number of aliphatic hydroxyl groups excluding tert-OH is 1. The van der Waals surface area contributed by atoms with E-state index in [1.54, 1.807) is 0 Å². The number of aryl methyl sites for hydroxylation is 1. The lowest BCUT2D eigenvalue weighted by molar-refractivity contribution is 0.220. The molecule has 2 heteroatoms. The van der Waals surface area contributed by atoms with E-state index in [2.05, 4.69) is 62.9 Å². The maximum Gasteiger partial charge on any atom is 0.104 e. The van der Waals surface area contributed by atoms with Gasteiger partial charge in [-0.15, -0.1) is 12.8 Å². The molecule has 1 atom stereocenters. The van der Waals surface area contributed by atoms with Crippen LogP contribution in [-0.2, 0) is 0 Å². The Morgan fingerprint density at radius 3 is 1.86 bits per heavy atom. The fourth-order valence-corrected chi connectivity index (χ4v) is 3.01. The van der Waals surface area contributed by atoms with Crippen molar-refractivity contribution in [1.29, 1.82) is 0 Å². The first-order valence-electron chi connectivity index (χ1n) is 10.0. The minimum Gasteiger partial charge on any atom is -0.384 e. The third-order valence-electron chi connectivity index (χ3n) is 5.02. The van der Waals surface area contributed by atoms with E-state index in [0.717, 1.165) is 34.0 Å². The SMILES string of the molecule is C#C.CC1CC1.Cc1cc(C(O)c2ccccc2)ccc1N(C)c1ccccc1. The van der Waals surface area contributed by atoms with Gasteiger partial charge in [-0.3, -0.25) is 0 Å². The van der Waals surface area contributed by atoms with Crippen molar-refractivity contribution in [3.05, 3.63) is 95.6 Å². The van der Waals surface area contributed by atoms with E-state index in [9.17, 15) is 5.11 Å². The molecule has 1 fully saturated rings. The van der Waals surface area contributed by atoms with Gasteiger partial charge in [0, 0.05) is 18.4 Å². The second-order valence-corrected chi connectivity index (χ2v) is 7.44. The number of rotatable bonds is 4. The van der Waals surface area contributed by atoms with Crippen molar-refractivity contribution in [2.75, 3.05) is 11.9 Å². The Bertz CT molecular complexity index is 882. The summed E-state index contributed by atoms with van der Waals surface area (Å²) in [6.45, 7) is 4.36. The lowest BCUT2D eigenvalue weighted by Crippen LogP contribution is -2.11. The minimum atomic E-state index is -0.592. The van der Waals surface area contributed by atoms with Gasteiger partial charge in [0.2, 0.25) is 0 Å². The molecule has 0 radical (unpaired) electrons. The molecule has 0 aromatic heterocycles. The van der Waals surface area contributed by atoms with Crippen LogP contribution < -0.4 is 4.90 Å². The predicted octanol–water partition coefficient (Wildman–Crippen LogP) is 6.51. The summed E-state index contributed by atoms with van der Waals surface area (Å²) in [5.41, 5.74) is 5.26. The number of anilines is 2. The molecule has 0 saturated heterocycles. The van der Waals surface area contributed by atoms with Gasteiger partial charge < -0.3 is 10.0 Å². The Morgan fingerprint density at radius 1 is 0.862 bits per heavy atom. The molecule has 1 N–H and O–H groups in total. The van der Waals surface area contributed by atoms with E-state index >= 15 is 0 Å². The number of hydrogen-bond acceptors (Lipinski definition) is 2. The molecule has 0 heterocycles. The molecule has 0 amide bonds. The molecular weight excluding hydrogens is 354 g/mol. The average molecular weight is 386 g/mol. The Hall–Kier alpha value is -3.02. The minimum absolute atomic E-state index is 0.592. The maximum atomic E-state index is 10.5. The number of terminal acetylenes is 1. The zero-order valence-electron chi connectivity index (χ0n) is 17.6. The van der Waals surface area contributed by atoms with Crippen LogP contribution in [0.5, 0.6) is 0 Å². The first-order chi connectivity index (χ1) is 14.1. The first-order valence-corrected chi connectivity index (χ1v) is 10.0. The van der Waals surface area contributed by atoms with Crippen molar-refractivity contribution < 1.29 is 5.11 Å². The van der Waals surface area contributed by atoms with E-state index in [0.29, 0.717) is 0 Å². The second kappa shape index (κ2) is 11.1. The van der Waals surface area contributed by atoms with E-state index < -0.39 is 6.10 Å². The van der Waals surface area contributed by atoms with Crippen molar-refractivity contribution in [1.82, 2.24) is 0 Å². The Labute approximate surface area is 175 Å². The molecule has 1 aliphatic rings. The van der Waals surface area contributed by atoms with Crippen molar-refractivity contribution in [3.8, 4) is 12.8 Å². The summed E-state index contributed by atoms with van der Waals surface area (Å²) in [6, 6.07) is 26.2. The molecule has 0 spiro atoms. The molecule has 1 saturated carbocycles. The Kier molecular flexibility index (Phi) is 8.52. The lowest BCUT2D eigenvalue weighted by atomic mass is 9.99. The molecular formula is C27H31NO. The fraction of sp³-hybridized carbons (Fsp3) is 0.259. The van der Waals surface area contributed by atoms with Gasteiger partial charge in [0.05, 0.1) is 0 Å². The van der Waals surface area contributed by atoms with Crippen molar-refractivity contribution in [2.45, 2.75) is 32.8 Å². The summed E-state index contributed by atoms with van der Waals surface area (Å²) >= 11 is 0. The Morgan fingerprint density at radius 2 is 1.38 bits per heavy atom. The summed E-state index contributed by atoms with van der Waals surface area (Å²) in [4.78, 5) is 2.16. The number of para-hydroxylation sites is 1. The topological polar surface area (TPSA) is 23.5 Å². The van der Waals surface area contributed by atoms with Crippen LogP contribution in [0.15, 0.2) is 78.9 Å². The normalized spacial score (nSPS) is 13.2. The van der Waals surface area contributed by atoms with Gasteiger partial charge in [0.1, 0.15) is 6.10 Å². The predicted molar refractivity (Wildman–Crippen MR) is 124 cm³/mol. The average Bonchev–Trinajstić information content (AvgIpc) is 3.58. The number of benzene rings is 3. The summed E-state index contributed by atoms with van der Waals surface area (Å²) < 4.78 is 0. The van der Waals surface area contributed by atoms with Gasteiger partial charge in [-0.2, -0.15) is 0 Å². The lowest BCUT2D eigenvalue weighted by Gasteiger charge is -2.23. The molecule has 29 heavy (non-hydrogen) atoms. The highest BCUT2D eigenvalue weighted by molar-refractivity contribution is 5.66. The van der Waals surface area contributed by atoms with E-state index in [4.69, 9.17) is 0 Å². The standard InChI is InChI=1S/C21H21NO.C4H8.C2H2/c1-16-15-18(21(23)17-9-5-3-6-10-17)13-14-20(16)22(2)19-11-7-4-8-12-19;1-4-2-3-4;1-2/h3-15,21,23H,1-2H3;4H,2-3H2,1H3;1-2H. The fourth-order valence-electron chi connectivity index (χ4n) is 3.01. The van der Waals surface area contributed by atoms with Gasteiger partial charge in [0.15, 0.2) is 0 Å². The quantitative estimate of drug-likeness (QED) is 0.517.